The van der Waals surface area contributed by atoms with E-state index < -0.39 is 11.9 Å². The minimum absolute atomic E-state index is 0.0244. The summed E-state index contributed by atoms with van der Waals surface area (Å²) in [5, 5.41) is 11.7. The van der Waals surface area contributed by atoms with Gasteiger partial charge in [-0.1, -0.05) is 18.2 Å². The molecular formula is C15H17N5O3. The number of imide groups is 1. The van der Waals surface area contributed by atoms with Crippen molar-refractivity contribution in [3.8, 4) is 5.75 Å². The minimum Gasteiger partial charge on any atom is -0.508 e. The first-order valence-corrected chi connectivity index (χ1v) is 6.84. The summed E-state index contributed by atoms with van der Waals surface area (Å²) in [6.07, 6.45) is 4.97. The average molecular weight is 315 g/mol. The number of phenolic OH excluding ortho intramolecular Hbond substituents is 1. The molecule has 1 heterocycles. The zero-order valence-electron chi connectivity index (χ0n) is 12.3. The van der Waals surface area contributed by atoms with E-state index in [1.165, 1.54) is 18.3 Å². The van der Waals surface area contributed by atoms with Gasteiger partial charge in [-0.3, -0.25) is 9.79 Å². The lowest BCUT2D eigenvalue weighted by Gasteiger charge is -2.04. The van der Waals surface area contributed by atoms with Crippen LogP contribution in [0.3, 0.4) is 0 Å². The molecule has 0 unspecified atom stereocenters. The molecular weight excluding hydrogens is 298 g/mol. The van der Waals surface area contributed by atoms with Gasteiger partial charge in [0.1, 0.15) is 11.4 Å². The van der Waals surface area contributed by atoms with Crippen LogP contribution in [0.15, 0.2) is 47.2 Å². The third-order valence-electron chi connectivity index (χ3n) is 2.99. The monoisotopic (exact) mass is 315 g/mol. The number of phenols is 1. The van der Waals surface area contributed by atoms with Crippen LogP contribution in [-0.2, 0) is 4.79 Å². The molecule has 0 radical (unpaired) electrons. The Balaban J connectivity index is 2.02. The molecule has 1 aromatic rings. The van der Waals surface area contributed by atoms with E-state index in [4.69, 9.17) is 11.5 Å². The number of carbonyl (C=O) groups is 2. The molecule has 120 valence electrons. The largest absolute Gasteiger partial charge is 0.508 e. The lowest BCUT2D eigenvalue weighted by molar-refractivity contribution is -0.121. The normalized spacial score (nSPS) is 16.2. The highest BCUT2D eigenvalue weighted by molar-refractivity contribution is 6.12. The standard InChI is InChI=1S/C15H17N5O3/c16-14(17)18-8-1-2-12-13(22)20(15(23)19-12)9-7-10-3-5-11(21)6-4-10/h2-7,9,21H,1,8H2,(H,19,23)(H4,16,17,18). The molecule has 8 heteroatoms. The number of hydrogen-bond acceptors (Lipinski definition) is 4. The van der Waals surface area contributed by atoms with Gasteiger partial charge in [0.15, 0.2) is 5.96 Å². The van der Waals surface area contributed by atoms with Gasteiger partial charge in [-0.15, -0.1) is 0 Å². The molecule has 1 aromatic carbocycles. The van der Waals surface area contributed by atoms with Crippen LogP contribution in [0.25, 0.3) is 6.08 Å². The second-order valence-corrected chi connectivity index (χ2v) is 4.73. The molecule has 2 rings (SSSR count). The highest BCUT2D eigenvalue weighted by atomic mass is 16.3. The molecule has 0 aliphatic carbocycles. The van der Waals surface area contributed by atoms with Gasteiger partial charge in [0, 0.05) is 12.7 Å². The molecule has 0 saturated carbocycles. The molecule has 1 saturated heterocycles. The zero-order valence-corrected chi connectivity index (χ0v) is 12.3. The van der Waals surface area contributed by atoms with Crippen molar-refractivity contribution in [2.24, 2.45) is 16.5 Å². The predicted octanol–water partition coefficient (Wildman–Crippen LogP) is 0.462. The molecule has 1 aliphatic rings. The Bertz CT molecular complexity index is 688. The summed E-state index contributed by atoms with van der Waals surface area (Å²) in [7, 11) is 0. The number of carbonyl (C=O) groups excluding carboxylic acids is 2. The summed E-state index contributed by atoms with van der Waals surface area (Å²) in [4.78, 5) is 28.7. The van der Waals surface area contributed by atoms with E-state index in [-0.39, 0.29) is 17.4 Å². The lowest BCUT2D eigenvalue weighted by atomic mass is 10.2. The van der Waals surface area contributed by atoms with Crippen LogP contribution in [0, 0.1) is 0 Å². The minimum atomic E-state index is -0.530. The Morgan fingerprint density at radius 1 is 1.26 bits per heavy atom. The van der Waals surface area contributed by atoms with Gasteiger partial charge in [-0.05, 0) is 30.2 Å². The summed E-state index contributed by atoms with van der Waals surface area (Å²) in [6.45, 7) is 0.332. The van der Waals surface area contributed by atoms with Crippen LogP contribution < -0.4 is 16.8 Å². The van der Waals surface area contributed by atoms with Crippen LogP contribution in [0.5, 0.6) is 5.75 Å². The quantitative estimate of drug-likeness (QED) is 0.206. The number of hydrogen-bond donors (Lipinski definition) is 4. The van der Waals surface area contributed by atoms with Gasteiger partial charge in [0.05, 0.1) is 0 Å². The maximum Gasteiger partial charge on any atom is 0.333 e. The van der Waals surface area contributed by atoms with Gasteiger partial charge in [-0.2, -0.15) is 0 Å². The van der Waals surface area contributed by atoms with E-state index in [1.54, 1.807) is 24.3 Å². The Hall–Kier alpha value is -3.29. The number of amides is 3. The number of urea groups is 1. The van der Waals surface area contributed by atoms with E-state index in [1.807, 2.05) is 0 Å². The van der Waals surface area contributed by atoms with Crippen LogP contribution in [0.2, 0.25) is 0 Å². The van der Waals surface area contributed by atoms with Crippen LogP contribution in [-0.4, -0.2) is 34.4 Å². The first kappa shape index (κ1) is 16.1. The van der Waals surface area contributed by atoms with Gasteiger partial charge >= 0.3 is 6.03 Å². The molecule has 3 amide bonds. The van der Waals surface area contributed by atoms with Crippen molar-refractivity contribution in [1.29, 1.82) is 0 Å². The molecule has 23 heavy (non-hydrogen) atoms. The molecule has 1 fully saturated rings. The fourth-order valence-corrected chi connectivity index (χ4v) is 1.87. The number of guanidine groups is 1. The summed E-state index contributed by atoms with van der Waals surface area (Å²) >= 11 is 0. The summed E-state index contributed by atoms with van der Waals surface area (Å²) in [5.74, 6) is -0.332. The maximum absolute atomic E-state index is 12.1. The second-order valence-electron chi connectivity index (χ2n) is 4.73. The third-order valence-corrected chi connectivity index (χ3v) is 2.99. The van der Waals surface area contributed by atoms with Crippen molar-refractivity contribution in [3.05, 3.63) is 47.8 Å². The predicted molar refractivity (Wildman–Crippen MR) is 85.9 cm³/mol. The Labute approximate surface area is 132 Å². The number of aliphatic imine (C=N–C) groups is 1. The van der Waals surface area contributed by atoms with E-state index in [2.05, 4.69) is 10.3 Å². The first-order valence-electron chi connectivity index (χ1n) is 6.84. The summed E-state index contributed by atoms with van der Waals surface area (Å²) in [6, 6.07) is 5.83. The topological polar surface area (TPSA) is 134 Å². The fraction of sp³-hybridized carbons (Fsp3) is 0.133. The molecule has 6 N–H and O–H groups in total. The van der Waals surface area contributed by atoms with Crippen molar-refractivity contribution < 1.29 is 14.7 Å². The number of rotatable bonds is 5. The van der Waals surface area contributed by atoms with Gasteiger partial charge in [0.2, 0.25) is 0 Å². The molecule has 0 bridgehead atoms. The Morgan fingerprint density at radius 2 is 1.96 bits per heavy atom. The van der Waals surface area contributed by atoms with Crippen molar-refractivity contribution in [2.45, 2.75) is 6.42 Å². The van der Waals surface area contributed by atoms with Crippen molar-refractivity contribution in [3.63, 3.8) is 0 Å². The Kier molecular flexibility index (Phi) is 4.98. The van der Waals surface area contributed by atoms with Crippen molar-refractivity contribution >= 4 is 24.0 Å². The SMILES string of the molecule is NC(N)=NCCC=C1NC(=O)N(C=Cc2ccc(O)cc2)C1=O. The van der Waals surface area contributed by atoms with Crippen molar-refractivity contribution in [1.82, 2.24) is 10.2 Å². The van der Waals surface area contributed by atoms with E-state index >= 15 is 0 Å². The summed E-state index contributed by atoms with van der Waals surface area (Å²) in [5.41, 5.74) is 11.3. The van der Waals surface area contributed by atoms with Gasteiger partial charge in [-0.25, -0.2) is 9.69 Å². The van der Waals surface area contributed by atoms with Gasteiger partial charge in [0.25, 0.3) is 5.91 Å². The molecule has 0 spiro atoms. The van der Waals surface area contributed by atoms with Crippen molar-refractivity contribution in [2.75, 3.05) is 6.54 Å². The van der Waals surface area contributed by atoms with E-state index in [0.29, 0.717) is 13.0 Å². The second kappa shape index (κ2) is 7.12. The molecule has 0 aromatic heterocycles. The molecule has 1 aliphatic heterocycles. The molecule has 8 nitrogen and oxygen atoms in total. The zero-order chi connectivity index (χ0) is 16.8. The fourth-order valence-electron chi connectivity index (χ4n) is 1.87. The first-order chi connectivity index (χ1) is 11.0. The number of nitrogens with one attached hydrogen (secondary N) is 1. The smallest absolute Gasteiger partial charge is 0.333 e. The number of aromatic hydroxyl groups is 1. The summed E-state index contributed by atoms with van der Waals surface area (Å²) < 4.78 is 0. The highest BCUT2D eigenvalue weighted by Crippen LogP contribution is 2.14. The number of nitrogens with two attached hydrogens (primary N) is 2. The van der Waals surface area contributed by atoms with Crippen LogP contribution in [0.1, 0.15) is 12.0 Å². The van der Waals surface area contributed by atoms with Gasteiger partial charge < -0.3 is 21.9 Å². The Morgan fingerprint density at radius 3 is 2.61 bits per heavy atom. The number of benzene rings is 1. The van der Waals surface area contributed by atoms with E-state index in [0.717, 1.165) is 10.5 Å². The van der Waals surface area contributed by atoms with Crippen LogP contribution >= 0.6 is 0 Å². The number of nitrogens with zero attached hydrogens (tertiary/aromatic N) is 2. The average Bonchev–Trinajstić information content (AvgIpc) is 2.77. The maximum atomic E-state index is 12.1. The highest BCUT2D eigenvalue weighted by Gasteiger charge is 2.31. The lowest BCUT2D eigenvalue weighted by Crippen LogP contribution is -2.24. The van der Waals surface area contributed by atoms with E-state index in [9.17, 15) is 14.7 Å². The molecule has 0 atom stereocenters. The third kappa shape index (κ3) is 4.34. The van der Waals surface area contributed by atoms with Crippen LogP contribution in [0.4, 0.5) is 4.79 Å².